The molecule has 4 nitrogen and oxygen atoms in total. The minimum absolute atomic E-state index is 0.101. The highest BCUT2D eigenvalue weighted by Crippen LogP contribution is 2.19. The molecule has 0 aliphatic carbocycles. The van der Waals surface area contributed by atoms with Crippen LogP contribution in [-0.4, -0.2) is 59.6 Å². The summed E-state index contributed by atoms with van der Waals surface area (Å²) in [7, 11) is 0. The standard InChI is InChI=1S/C13H14Cl2F3N3O/c14-10-6-9(7-11(15)19-10)12(22)21-3-1-2-20(4-5-21)8-13(16,17)18/h6-7H,1-5,8H2. The molecule has 1 amide bonds. The van der Waals surface area contributed by atoms with Crippen LogP contribution in [0.1, 0.15) is 16.8 Å². The number of pyridine rings is 1. The fraction of sp³-hybridized carbons (Fsp3) is 0.538. The summed E-state index contributed by atoms with van der Waals surface area (Å²) in [6, 6.07) is 2.79. The number of halogens is 5. The van der Waals surface area contributed by atoms with E-state index in [0.717, 1.165) is 0 Å². The van der Waals surface area contributed by atoms with Crippen molar-refractivity contribution in [3.63, 3.8) is 0 Å². The molecule has 0 N–H and O–H groups in total. The molecule has 1 aliphatic heterocycles. The van der Waals surface area contributed by atoms with Gasteiger partial charge in [0.15, 0.2) is 0 Å². The van der Waals surface area contributed by atoms with Gasteiger partial charge in [0.25, 0.3) is 5.91 Å². The van der Waals surface area contributed by atoms with Crippen LogP contribution in [0.2, 0.25) is 10.3 Å². The number of alkyl halides is 3. The van der Waals surface area contributed by atoms with E-state index in [9.17, 15) is 18.0 Å². The summed E-state index contributed by atoms with van der Waals surface area (Å²) in [6.07, 6.45) is -3.75. The molecule has 1 saturated heterocycles. The molecular formula is C13H14Cl2F3N3O. The second-order valence-electron chi connectivity index (χ2n) is 5.04. The van der Waals surface area contributed by atoms with Crippen molar-refractivity contribution in [3.05, 3.63) is 28.0 Å². The van der Waals surface area contributed by atoms with Crippen LogP contribution in [0.4, 0.5) is 13.2 Å². The van der Waals surface area contributed by atoms with Crippen molar-refractivity contribution in [1.29, 1.82) is 0 Å². The molecule has 1 aliphatic rings. The third-order valence-corrected chi connectivity index (χ3v) is 3.68. The number of aromatic nitrogens is 1. The zero-order valence-corrected chi connectivity index (χ0v) is 13.0. The Bertz CT molecular complexity index is 534. The van der Waals surface area contributed by atoms with Crippen molar-refractivity contribution >= 4 is 29.1 Å². The lowest BCUT2D eigenvalue weighted by Crippen LogP contribution is -2.38. The van der Waals surface area contributed by atoms with Gasteiger partial charge in [-0.1, -0.05) is 23.2 Å². The SMILES string of the molecule is O=C(c1cc(Cl)nc(Cl)c1)N1CCCN(CC(F)(F)F)CC1. The molecule has 0 saturated carbocycles. The van der Waals surface area contributed by atoms with Gasteiger partial charge < -0.3 is 4.90 Å². The van der Waals surface area contributed by atoms with Gasteiger partial charge in [0.1, 0.15) is 10.3 Å². The minimum atomic E-state index is -4.23. The van der Waals surface area contributed by atoms with E-state index in [0.29, 0.717) is 19.5 Å². The van der Waals surface area contributed by atoms with E-state index in [1.807, 2.05) is 0 Å². The van der Waals surface area contributed by atoms with E-state index in [1.165, 1.54) is 21.9 Å². The highest BCUT2D eigenvalue weighted by molar-refractivity contribution is 6.33. The van der Waals surface area contributed by atoms with Crippen LogP contribution < -0.4 is 0 Å². The zero-order valence-electron chi connectivity index (χ0n) is 11.5. The van der Waals surface area contributed by atoms with Gasteiger partial charge in [0.2, 0.25) is 0 Å². The topological polar surface area (TPSA) is 36.4 Å². The highest BCUT2D eigenvalue weighted by atomic mass is 35.5. The number of amides is 1. The maximum absolute atomic E-state index is 12.4. The van der Waals surface area contributed by atoms with Crippen LogP contribution in [0.5, 0.6) is 0 Å². The second kappa shape index (κ2) is 7.02. The van der Waals surface area contributed by atoms with Crippen LogP contribution in [0.15, 0.2) is 12.1 Å². The zero-order chi connectivity index (χ0) is 16.3. The van der Waals surface area contributed by atoms with Gasteiger partial charge in [-0.25, -0.2) is 4.98 Å². The first-order chi connectivity index (χ1) is 10.2. The molecule has 122 valence electrons. The smallest absolute Gasteiger partial charge is 0.337 e. The first-order valence-electron chi connectivity index (χ1n) is 6.66. The number of nitrogens with zero attached hydrogens (tertiary/aromatic N) is 3. The Morgan fingerprint density at radius 2 is 1.77 bits per heavy atom. The third kappa shape index (κ3) is 5.00. The Hall–Kier alpha value is -1.05. The molecule has 0 radical (unpaired) electrons. The highest BCUT2D eigenvalue weighted by Gasteiger charge is 2.32. The largest absolute Gasteiger partial charge is 0.401 e. The summed E-state index contributed by atoms with van der Waals surface area (Å²) in [5.41, 5.74) is 0.286. The first kappa shape index (κ1) is 17.3. The van der Waals surface area contributed by atoms with Crippen LogP contribution in [0.3, 0.4) is 0 Å². The summed E-state index contributed by atoms with van der Waals surface area (Å²) < 4.78 is 37.3. The van der Waals surface area contributed by atoms with Crippen molar-refractivity contribution < 1.29 is 18.0 Å². The average Bonchev–Trinajstić information content (AvgIpc) is 2.60. The number of hydrogen-bond donors (Lipinski definition) is 0. The van der Waals surface area contributed by atoms with E-state index < -0.39 is 12.7 Å². The monoisotopic (exact) mass is 355 g/mol. The summed E-state index contributed by atoms with van der Waals surface area (Å²) in [4.78, 5) is 19.0. The Morgan fingerprint density at radius 1 is 1.14 bits per heavy atom. The maximum Gasteiger partial charge on any atom is 0.401 e. The summed E-state index contributed by atoms with van der Waals surface area (Å²) in [5, 5.41) is 0.203. The molecule has 1 aromatic rings. The van der Waals surface area contributed by atoms with Crippen molar-refractivity contribution in [1.82, 2.24) is 14.8 Å². The van der Waals surface area contributed by atoms with Gasteiger partial charge in [-0.15, -0.1) is 0 Å². The Labute approximate surface area is 135 Å². The summed E-state index contributed by atoms with van der Waals surface area (Å²) >= 11 is 11.5. The van der Waals surface area contributed by atoms with Crippen molar-refractivity contribution in [2.45, 2.75) is 12.6 Å². The molecule has 0 atom stereocenters. The molecule has 1 aromatic heterocycles. The molecule has 1 fully saturated rings. The first-order valence-corrected chi connectivity index (χ1v) is 7.42. The molecule has 2 rings (SSSR count). The van der Waals surface area contributed by atoms with Gasteiger partial charge >= 0.3 is 6.18 Å². The fourth-order valence-corrected chi connectivity index (χ4v) is 2.82. The van der Waals surface area contributed by atoms with E-state index in [1.54, 1.807) is 0 Å². The number of carbonyl (C=O) groups excluding carboxylic acids is 1. The third-order valence-electron chi connectivity index (χ3n) is 3.29. The lowest BCUT2D eigenvalue weighted by molar-refractivity contribution is -0.145. The van der Waals surface area contributed by atoms with Crippen LogP contribution in [0.25, 0.3) is 0 Å². The number of rotatable bonds is 2. The molecule has 0 bridgehead atoms. The Kier molecular flexibility index (Phi) is 5.52. The van der Waals surface area contributed by atoms with Gasteiger partial charge in [0, 0.05) is 31.7 Å². The number of carbonyl (C=O) groups is 1. The maximum atomic E-state index is 12.4. The fourth-order valence-electron chi connectivity index (χ4n) is 2.36. The summed E-state index contributed by atoms with van der Waals surface area (Å²) in [6.45, 7) is 0.151. The average molecular weight is 356 g/mol. The van der Waals surface area contributed by atoms with E-state index in [-0.39, 0.29) is 34.9 Å². The molecule has 0 unspecified atom stereocenters. The molecule has 0 aromatic carbocycles. The lowest BCUT2D eigenvalue weighted by atomic mass is 10.2. The van der Waals surface area contributed by atoms with Gasteiger partial charge in [0.05, 0.1) is 6.54 Å². The second-order valence-corrected chi connectivity index (χ2v) is 5.81. The molecule has 22 heavy (non-hydrogen) atoms. The Balaban J connectivity index is 2.02. The molecule has 9 heteroatoms. The minimum Gasteiger partial charge on any atom is -0.337 e. The van der Waals surface area contributed by atoms with Gasteiger partial charge in [-0.3, -0.25) is 9.69 Å². The van der Waals surface area contributed by atoms with Gasteiger partial charge in [-0.05, 0) is 18.6 Å². The van der Waals surface area contributed by atoms with Crippen molar-refractivity contribution in [3.8, 4) is 0 Å². The quantitative estimate of drug-likeness (QED) is 0.765. The van der Waals surface area contributed by atoms with E-state index in [2.05, 4.69) is 4.98 Å². The van der Waals surface area contributed by atoms with E-state index >= 15 is 0 Å². The molecular weight excluding hydrogens is 342 g/mol. The Morgan fingerprint density at radius 3 is 2.36 bits per heavy atom. The predicted octanol–water partition coefficient (Wildman–Crippen LogP) is 3.10. The number of hydrogen-bond acceptors (Lipinski definition) is 3. The van der Waals surface area contributed by atoms with Crippen LogP contribution >= 0.6 is 23.2 Å². The summed E-state index contributed by atoms with van der Waals surface area (Å²) in [5.74, 6) is -0.306. The molecule has 2 heterocycles. The predicted molar refractivity (Wildman–Crippen MR) is 77.3 cm³/mol. The normalized spacial score (nSPS) is 17.4. The van der Waals surface area contributed by atoms with Crippen LogP contribution in [-0.2, 0) is 0 Å². The molecule has 0 spiro atoms. The van der Waals surface area contributed by atoms with Gasteiger partial charge in [-0.2, -0.15) is 13.2 Å². The van der Waals surface area contributed by atoms with E-state index in [4.69, 9.17) is 23.2 Å². The van der Waals surface area contributed by atoms with Crippen LogP contribution in [0, 0.1) is 0 Å². The van der Waals surface area contributed by atoms with Crippen molar-refractivity contribution in [2.75, 3.05) is 32.7 Å². The lowest BCUT2D eigenvalue weighted by Gasteiger charge is -2.22. The van der Waals surface area contributed by atoms with Crippen molar-refractivity contribution in [2.24, 2.45) is 0 Å².